The molecule has 0 amide bonds. The van der Waals surface area contributed by atoms with Crippen molar-refractivity contribution in [3.63, 3.8) is 0 Å². The first-order chi connectivity index (χ1) is 9.60. The molecule has 6 heteroatoms. The molecule has 1 aromatic carbocycles. The first-order valence-electron chi connectivity index (χ1n) is 6.71. The summed E-state index contributed by atoms with van der Waals surface area (Å²) in [4.78, 5) is 24.4. The second kappa shape index (κ2) is 6.58. The predicted octanol–water partition coefficient (Wildman–Crippen LogP) is 1.89. The number of hydrogen-bond acceptors (Lipinski definition) is 5. The largest absolute Gasteiger partial charge is 0.376 e. The molecular formula is C14H18N2O4. The van der Waals surface area contributed by atoms with Gasteiger partial charge in [-0.05, 0) is 6.42 Å². The van der Waals surface area contributed by atoms with E-state index in [1.54, 1.807) is 12.1 Å². The third-order valence-electron chi connectivity index (χ3n) is 3.42. The van der Waals surface area contributed by atoms with E-state index in [9.17, 15) is 14.9 Å². The molecule has 1 fully saturated rings. The van der Waals surface area contributed by atoms with Crippen molar-refractivity contribution in [3.05, 3.63) is 39.9 Å². The lowest BCUT2D eigenvalue weighted by molar-refractivity contribution is -0.384. The molecule has 0 aliphatic carbocycles. The maximum Gasteiger partial charge on any atom is 0.270 e. The number of ketones is 1. The Kier molecular flexibility index (Phi) is 4.81. The highest BCUT2D eigenvalue weighted by atomic mass is 16.6. The van der Waals surface area contributed by atoms with Gasteiger partial charge in [-0.15, -0.1) is 0 Å². The van der Waals surface area contributed by atoms with Crippen LogP contribution in [-0.4, -0.2) is 48.0 Å². The van der Waals surface area contributed by atoms with E-state index in [1.165, 1.54) is 12.1 Å². The number of nitro groups is 1. The number of non-ortho nitro benzene ring substituents is 1. The zero-order chi connectivity index (χ0) is 14.5. The second-order valence-electron chi connectivity index (χ2n) is 4.87. The number of carbonyl (C=O) groups is 1. The van der Waals surface area contributed by atoms with E-state index in [4.69, 9.17) is 4.74 Å². The van der Waals surface area contributed by atoms with Crippen LogP contribution in [0.25, 0.3) is 0 Å². The molecule has 0 aromatic heterocycles. The standard InChI is InChI=1S/C14H18N2O4/c1-2-13-9-15(6-7-20-13)10-14(17)11-4-3-5-12(8-11)16(18)19/h3-5,8,13H,2,6-7,9-10H2,1H3. The summed E-state index contributed by atoms with van der Waals surface area (Å²) in [5.74, 6) is -0.0922. The van der Waals surface area contributed by atoms with Crippen molar-refractivity contribution in [3.8, 4) is 0 Å². The Morgan fingerprint density at radius 2 is 2.35 bits per heavy atom. The fourth-order valence-electron chi connectivity index (χ4n) is 2.26. The van der Waals surface area contributed by atoms with Crippen molar-refractivity contribution in [2.45, 2.75) is 19.4 Å². The molecule has 1 atom stereocenters. The summed E-state index contributed by atoms with van der Waals surface area (Å²) in [5, 5.41) is 10.7. The number of nitro benzene ring substituents is 1. The number of rotatable bonds is 5. The molecule has 1 aliphatic heterocycles. The lowest BCUT2D eigenvalue weighted by Crippen LogP contribution is -2.44. The van der Waals surface area contributed by atoms with Gasteiger partial charge in [0, 0.05) is 30.8 Å². The third-order valence-corrected chi connectivity index (χ3v) is 3.42. The van der Waals surface area contributed by atoms with Gasteiger partial charge in [-0.2, -0.15) is 0 Å². The van der Waals surface area contributed by atoms with E-state index < -0.39 is 4.92 Å². The first-order valence-corrected chi connectivity index (χ1v) is 6.71. The molecular weight excluding hydrogens is 260 g/mol. The summed E-state index contributed by atoms with van der Waals surface area (Å²) in [7, 11) is 0. The van der Waals surface area contributed by atoms with Crippen molar-refractivity contribution in [2.75, 3.05) is 26.2 Å². The van der Waals surface area contributed by atoms with Crippen LogP contribution in [0, 0.1) is 10.1 Å². The highest BCUT2D eigenvalue weighted by Gasteiger charge is 2.21. The molecule has 6 nitrogen and oxygen atoms in total. The van der Waals surface area contributed by atoms with Gasteiger partial charge in [0.2, 0.25) is 0 Å². The molecule has 1 saturated heterocycles. The quantitative estimate of drug-likeness (QED) is 0.467. The predicted molar refractivity (Wildman–Crippen MR) is 73.9 cm³/mol. The van der Waals surface area contributed by atoms with Crippen LogP contribution < -0.4 is 0 Å². The maximum atomic E-state index is 12.2. The summed E-state index contributed by atoms with van der Waals surface area (Å²) in [6, 6.07) is 5.88. The summed E-state index contributed by atoms with van der Waals surface area (Å²) in [5.41, 5.74) is 0.336. The van der Waals surface area contributed by atoms with Gasteiger partial charge in [-0.25, -0.2) is 0 Å². The number of hydrogen-bond donors (Lipinski definition) is 0. The van der Waals surface area contributed by atoms with Gasteiger partial charge in [0.15, 0.2) is 5.78 Å². The number of ether oxygens (including phenoxy) is 1. The van der Waals surface area contributed by atoms with Gasteiger partial charge in [0.25, 0.3) is 5.69 Å². The van der Waals surface area contributed by atoms with Gasteiger partial charge in [0.05, 0.1) is 24.2 Å². The molecule has 0 saturated carbocycles. The fraction of sp³-hybridized carbons (Fsp3) is 0.500. The Bertz CT molecular complexity index is 504. The minimum atomic E-state index is -0.487. The SMILES string of the molecule is CCC1CN(CC(=O)c2cccc([N+](=O)[O-])c2)CCO1. The minimum Gasteiger partial charge on any atom is -0.376 e. The van der Waals surface area contributed by atoms with Crippen molar-refractivity contribution in [2.24, 2.45) is 0 Å². The Balaban J connectivity index is 2.01. The van der Waals surface area contributed by atoms with Gasteiger partial charge in [-0.3, -0.25) is 19.8 Å². The lowest BCUT2D eigenvalue weighted by atomic mass is 10.1. The number of Topliss-reactive ketones (excluding diaryl/α,β-unsaturated/α-hetero) is 1. The number of benzene rings is 1. The normalized spacial score (nSPS) is 19.8. The van der Waals surface area contributed by atoms with E-state index in [-0.39, 0.29) is 24.1 Å². The van der Waals surface area contributed by atoms with Crippen LogP contribution in [0.1, 0.15) is 23.7 Å². The molecule has 0 spiro atoms. The summed E-state index contributed by atoms with van der Waals surface area (Å²) in [6.07, 6.45) is 1.09. The number of nitrogens with zero attached hydrogens (tertiary/aromatic N) is 2. The van der Waals surface area contributed by atoms with E-state index in [2.05, 4.69) is 6.92 Å². The zero-order valence-corrected chi connectivity index (χ0v) is 11.4. The summed E-state index contributed by atoms with van der Waals surface area (Å²) in [6.45, 7) is 4.41. The van der Waals surface area contributed by atoms with Crippen LogP contribution in [0.5, 0.6) is 0 Å². The Morgan fingerprint density at radius 3 is 3.05 bits per heavy atom. The second-order valence-corrected chi connectivity index (χ2v) is 4.87. The Morgan fingerprint density at radius 1 is 1.55 bits per heavy atom. The topological polar surface area (TPSA) is 72.7 Å². The average Bonchev–Trinajstić information content (AvgIpc) is 2.47. The fourth-order valence-corrected chi connectivity index (χ4v) is 2.26. The van der Waals surface area contributed by atoms with Gasteiger partial charge in [-0.1, -0.05) is 19.1 Å². The first kappa shape index (κ1) is 14.6. The number of morpholine rings is 1. The number of carbonyl (C=O) groups excluding carboxylic acids is 1. The molecule has 2 rings (SSSR count). The van der Waals surface area contributed by atoms with Crippen LogP contribution in [0.3, 0.4) is 0 Å². The molecule has 108 valence electrons. The Hall–Kier alpha value is -1.79. The smallest absolute Gasteiger partial charge is 0.270 e. The van der Waals surface area contributed by atoms with Crippen LogP contribution in [-0.2, 0) is 4.74 Å². The van der Waals surface area contributed by atoms with Crippen molar-refractivity contribution in [1.82, 2.24) is 4.90 Å². The molecule has 1 aromatic rings. The molecule has 0 bridgehead atoms. The molecule has 20 heavy (non-hydrogen) atoms. The molecule has 0 radical (unpaired) electrons. The van der Waals surface area contributed by atoms with Crippen molar-refractivity contribution in [1.29, 1.82) is 0 Å². The van der Waals surface area contributed by atoms with Crippen LogP contribution in [0.15, 0.2) is 24.3 Å². The average molecular weight is 278 g/mol. The third kappa shape index (κ3) is 3.61. The highest BCUT2D eigenvalue weighted by Crippen LogP contribution is 2.15. The molecule has 1 unspecified atom stereocenters. The summed E-state index contributed by atoms with van der Waals surface area (Å²) < 4.78 is 5.55. The summed E-state index contributed by atoms with van der Waals surface area (Å²) >= 11 is 0. The van der Waals surface area contributed by atoms with E-state index in [0.29, 0.717) is 12.2 Å². The molecule has 0 N–H and O–H groups in total. The van der Waals surface area contributed by atoms with Gasteiger partial charge in [0.1, 0.15) is 0 Å². The van der Waals surface area contributed by atoms with Gasteiger partial charge < -0.3 is 4.74 Å². The monoisotopic (exact) mass is 278 g/mol. The maximum absolute atomic E-state index is 12.2. The van der Waals surface area contributed by atoms with Crippen molar-refractivity contribution < 1.29 is 14.5 Å². The lowest BCUT2D eigenvalue weighted by Gasteiger charge is -2.31. The minimum absolute atomic E-state index is 0.0516. The van der Waals surface area contributed by atoms with E-state index in [0.717, 1.165) is 19.5 Å². The Labute approximate surface area is 117 Å². The van der Waals surface area contributed by atoms with Crippen LogP contribution in [0.2, 0.25) is 0 Å². The van der Waals surface area contributed by atoms with E-state index in [1.807, 2.05) is 4.90 Å². The van der Waals surface area contributed by atoms with E-state index >= 15 is 0 Å². The molecule has 1 heterocycles. The highest BCUT2D eigenvalue weighted by molar-refractivity contribution is 5.98. The zero-order valence-electron chi connectivity index (χ0n) is 11.4. The van der Waals surface area contributed by atoms with Gasteiger partial charge >= 0.3 is 0 Å². The van der Waals surface area contributed by atoms with Crippen LogP contribution >= 0.6 is 0 Å². The van der Waals surface area contributed by atoms with Crippen molar-refractivity contribution >= 4 is 11.5 Å². The van der Waals surface area contributed by atoms with Crippen LogP contribution in [0.4, 0.5) is 5.69 Å². The molecule has 1 aliphatic rings.